The van der Waals surface area contributed by atoms with Gasteiger partial charge in [-0.1, -0.05) is 11.6 Å². The lowest BCUT2D eigenvalue weighted by Gasteiger charge is -2.14. The Kier molecular flexibility index (Phi) is 4.44. The third-order valence-corrected chi connectivity index (χ3v) is 3.06. The van der Waals surface area contributed by atoms with Crippen molar-refractivity contribution < 1.29 is 14.7 Å². The predicted octanol–water partition coefficient (Wildman–Crippen LogP) is 2.64. The summed E-state index contributed by atoms with van der Waals surface area (Å²) in [6.07, 6.45) is 3.25. The Morgan fingerprint density at radius 3 is 2.81 bits per heavy atom. The average Bonchev–Trinajstić information content (AvgIpc) is 2.91. The number of aromatic carboxylic acids is 1. The number of H-pyrrole nitrogens is 1. The molecule has 2 aromatic rings. The minimum absolute atomic E-state index is 0.0366. The second-order valence-electron chi connectivity index (χ2n) is 4.35. The van der Waals surface area contributed by atoms with Crippen LogP contribution in [0.1, 0.15) is 28.9 Å². The number of carboxylic acids is 1. The van der Waals surface area contributed by atoms with E-state index < -0.39 is 12.0 Å². The number of hydrogen-bond acceptors (Lipinski definition) is 3. The lowest BCUT2D eigenvalue weighted by atomic mass is 10.2. The Balaban J connectivity index is 2.09. The lowest BCUT2D eigenvalue weighted by Crippen LogP contribution is -2.31. The topological polar surface area (TPSA) is 107 Å². The molecular formula is C13H13ClN4O3. The van der Waals surface area contributed by atoms with Gasteiger partial charge < -0.3 is 15.7 Å². The summed E-state index contributed by atoms with van der Waals surface area (Å²) in [5.74, 6) is -1.15. The molecule has 0 saturated carbocycles. The van der Waals surface area contributed by atoms with Crippen LogP contribution < -0.4 is 10.6 Å². The number of rotatable bonds is 4. The molecule has 8 heteroatoms. The summed E-state index contributed by atoms with van der Waals surface area (Å²) in [6, 6.07) is 3.35. The van der Waals surface area contributed by atoms with Crippen LogP contribution in [0.15, 0.2) is 30.6 Å². The molecule has 21 heavy (non-hydrogen) atoms. The van der Waals surface area contributed by atoms with Gasteiger partial charge >= 0.3 is 12.0 Å². The maximum Gasteiger partial charge on any atom is 0.337 e. The summed E-state index contributed by atoms with van der Waals surface area (Å²) in [6.45, 7) is 1.78. The van der Waals surface area contributed by atoms with E-state index in [-0.39, 0.29) is 17.3 Å². The second kappa shape index (κ2) is 6.27. The first-order valence-electron chi connectivity index (χ1n) is 6.06. The number of nitrogens with one attached hydrogen (secondary N) is 3. The number of halogens is 1. The van der Waals surface area contributed by atoms with Crippen LogP contribution in [-0.2, 0) is 0 Å². The molecule has 1 unspecified atom stereocenters. The fraction of sp³-hybridized carbons (Fsp3) is 0.154. The highest BCUT2D eigenvalue weighted by Crippen LogP contribution is 2.21. The summed E-state index contributed by atoms with van der Waals surface area (Å²) < 4.78 is 0. The van der Waals surface area contributed by atoms with Crippen molar-refractivity contribution in [3.05, 3.63) is 46.7 Å². The number of carbonyl (C=O) groups excluding carboxylic acids is 1. The fourth-order valence-corrected chi connectivity index (χ4v) is 1.91. The molecule has 0 aliphatic carbocycles. The lowest BCUT2D eigenvalue weighted by molar-refractivity contribution is 0.0698. The fourth-order valence-electron chi connectivity index (χ4n) is 1.74. The molecule has 0 fully saturated rings. The maximum atomic E-state index is 11.9. The molecule has 4 N–H and O–H groups in total. The van der Waals surface area contributed by atoms with Crippen molar-refractivity contribution >= 4 is 29.3 Å². The van der Waals surface area contributed by atoms with Gasteiger partial charge in [-0.2, -0.15) is 5.10 Å². The van der Waals surface area contributed by atoms with E-state index in [4.69, 9.17) is 16.7 Å². The zero-order valence-electron chi connectivity index (χ0n) is 11.1. The third-order valence-electron chi connectivity index (χ3n) is 2.83. The summed E-state index contributed by atoms with van der Waals surface area (Å²) >= 11 is 5.81. The van der Waals surface area contributed by atoms with Gasteiger partial charge in [-0.25, -0.2) is 9.59 Å². The Morgan fingerprint density at radius 1 is 1.43 bits per heavy atom. The summed E-state index contributed by atoms with van der Waals surface area (Å²) in [5, 5.41) is 21.0. The molecule has 110 valence electrons. The SMILES string of the molecule is CC(NC(=O)Nc1cc(Cl)ccc1C(=O)O)c1cn[nH]c1. The van der Waals surface area contributed by atoms with Gasteiger partial charge in [0.05, 0.1) is 23.5 Å². The monoisotopic (exact) mass is 308 g/mol. The summed E-state index contributed by atoms with van der Waals surface area (Å²) in [7, 11) is 0. The summed E-state index contributed by atoms with van der Waals surface area (Å²) in [4.78, 5) is 23.0. The average molecular weight is 309 g/mol. The van der Waals surface area contributed by atoms with Gasteiger partial charge in [0.15, 0.2) is 0 Å². The Bertz CT molecular complexity index is 657. The van der Waals surface area contributed by atoms with Crippen molar-refractivity contribution in [1.82, 2.24) is 15.5 Å². The largest absolute Gasteiger partial charge is 0.478 e. The van der Waals surface area contributed by atoms with E-state index in [1.807, 2.05) is 0 Å². The number of carbonyl (C=O) groups is 2. The van der Waals surface area contributed by atoms with Crippen LogP contribution in [0.3, 0.4) is 0 Å². The number of benzene rings is 1. The molecule has 1 atom stereocenters. The predicted molar refractivity (Wildman–Crippen MR) is 77.6 cm³/mol. The molecule has 2 amide bonds. The van der Waals surface area contributed by atoms with Crippen molar-refractivity contribution in [2.75, 3.05) is 5.32 Å². The van der Waals surface area contributed by atoms with E-state index in [2.05, 4.69) is 20.8 Å². The van der Waals surface area contributed by atoms with Crippen LogP contribution in [0.4, 0.5) is 10.5 Å². The van der Waals surface area contributed by atoms with Crippen molar-refractivity contribution in [1.29, 1.82) is 0 Å². The zero-order valence-corrected chi connectivity index (χ0v) is 11.8. The standard InChI is InChI=1S/C13H13ClN4O3/c1-7(8-5-15-16-6-8)17-13(21)18-11-4-9(14)2-3-10(11)12(19)20/h2-7H,1H3,(H,15,16)(H,19,20)(H2,17,18,21). The van der Waals surface area contributed by atoms with Crippen LogP contribution in [-0.4, -0.2) is 27.3 Å². The van der Waals surface area contributed by atoms with Gasteiger partial charge in [0.1, 0.15) is 0 Å². The van der Waals surface area contributed by atoms with E-state index in [0.717, 1.165) is 5.56 Å². The Morgan fingerprint density at radius 2 is 2.19 bits per heavy atom. The van der Waals surface area contributed by atoms with Crippen molar-refractivity contribution in [2.45, 2.75) is 13.0 Å². The van der Waals surface area contributed by atoms with Crippen LogP contribution >= 0.6 is 11.6 Å². The molecule has 0 bridgehead atoms. The van der Waals surface area contributed by atoms with Gasteiger partial charge in [0, 0.05) is 16.8 Å². The molecule has 0 aliphatic rings. The number of anilines is 1. The molecule has 1 aromatic heterocycles. The molecule has 1 heterocycles. The minimum Gasteiger partial charge on any atom is -0.478 e. The van der Waals surface area contributed by atoms with Crippen LogP contribution in [0, 0.1) is 0 Å². The molecule has 0 aliphatic heterocycles. The quantitative estimate of drug-likeness (QED) is 0.696. The third kappa shape index (κ3) is 3.73. The molecule has 0 radical (unpaired) electrons. The van der Waals surface area contributed by atoms with Crippen molar-refractivity contribution in [3.63, 3.8) is 0 Å². The number of aromatic amines is 1. The number of carboxylic acid groups (broad SMARTS) is 1. The second-order valence-corrected chi connectivity index (χ2v) is 4.78. The van der Waals surface area contributed by atoms with Gasteiger partial charge in [-0.3, -0.25) is 5.10 Å². The highest BCUT2D eigenvalue weighted by molar-refractivity contribution is 6.31. The van der Waals surface area contributed by atoms with Gasteiger partial charge in [0.25, 0.3) is 0 Å². The highest BCUT2D eigenvalue weighted by atomic mass is 35.5. The van der Waals surface area contributed by atoms with E-state index in [1.54, 1.807) is 19.3 Å². The number of urea groups is 1. The molecule has 7 nitrogen and oxygen atoms in total. The first-order valence-corrected chi connectivity index (χ1v) is 6.44. The van der Waals surface area contributed by atoms with Crippen molar-refractivity contribution in [3.8, 4) is 0 Å². The van der Waals surface area contributed by atoms with Gasteiger partial charge in [0.2, 0.25) is 0 Å². The number of nitrogens with zero attached hydrogens (tertiary/aromatic N) is 1. The highest BCUT2D eigenvalue weighted by Gasteiger charge is 2.15. The first kappa shape index (κ1) is 14.9. The summed E-state index contributed by atoms with van der Waals surface area (Å²) in [5.41, 5.74) is 0.895. The van der Waals surface area contributed by atoms with E-state index in [9.17, 15) is 9.59 Å². The van der Waals surface area contributed by atoms with E-state index in [1.165, 1.54) is 18.2 Å². The van der Waals surface area contributed by atoms with Crippen LogP contribution in [0.25, 0.3) is 0 Å². The van der Waals surface area contributed by atoms with E-state index in [0.29, 0.717) is 5.02 Å². The van der Waals surface area contributed by atoms with Crippen LogP contribution in [0.2, 0.25) is 5.02 Å². The zero-order chi connectivity index (χ0) is 15.4. The normalized spacial score (nSPS) is 11.7. The Hall–Kier alpha value is -2.54. The Labute approximate surface area is 125 Å². The van der Waals surface area contributed by atoms with Gasteiger partial charge in [-0.15, -0.1) is 0 Å². The molecule has 0 spiro atoms. The number of hydrogen-bond donors (Lipinski definition) is 4. The maximum absolute atomic E-state index is 11.9. The van der Waals surface area contributed by atoms with Gasteiger partial charge in [-0.05, 0) is 25.1 Å². The molecule has 1 aromatic carbocycles. The van der Waals surface area contributed by atoms with Crippen molar-refractivity contribution in [2.24, 2.45) is 0 Å². The van der Waals surface area contributed by atoms with Crippen LogP contribution in [0.5, 0.6) is 0 Å². The van der Waals surface area contributed by atoms with E-state index >= 15 is 0 Å². The smallest absolute Gasteiger partial charge is 0.337 e. The molecule has 0 saturated heterocycles. The minimum atomic E-state index is -1.15. The number of amides is 2. The number of aromatic nitrogens is 2. The molecular weight excluding hydrogens is 296 g/mol. The molecule has 2 rings (SSSR count). The first-order chi connectivity index (χ1) is 9.97.